The van der Waals surface area contributed by atoms with Gasteiger partial charge in [-0.05, 0) is 87.8 Å². The normalized spacial score (nSPS) is 23.4. The van der Waals surface area contributed by atoms with Crippen molar-refractivity contribution in [2.45, 2.75) is 152 Å². The molecule has 4 aliphatic heterocycles. The molecule has 82 heavy (non-hydrogen) atoms. The molecule has 2 aromatic carbocycles. The van der Waals surface area contributed by atoms with Gasteiger partial charge in [-0.15, -0.1) is 0 Å². The minimum atomic E-state index is -1.22. The van der Waals surface area contributed by atoms with Crippen LogP contribution in [-0.4, -0.2) is 197 Å². The summed E-state index contributed by atoms with van der Waals surface area (Å²) in [7, 11) is 3.02. The van der Waals surface area contributed by atoms with E-state index in [2.05, 4.69) is 31.9 Å². The Balaban J connectivity index is 1.06. The summed E-state index contributed by atoms with van der Waals surface area (Å²) in [5, 5.41) is 17.4. The highest BCUT2D eigenvalue weighted by atomic mass is 16.6. The highest BCUT2D eigenvalue weighted by Gasteiger charge is 2.52. The zero-order valence-corrected chi connectivity index (χ0v) is 48.7. The summed E-state index contributed by atoms with van der Waals surface area (Å²) in [6, 6.07) is 4.42. The number of hydrogen-bond acceptors (Lipinski definition) is 16. The van der Waals surface area contributed by atoms with Gasteiger partial charge in [-0.1, -0.05) is 63.5 Å². The molecule has 4 saturated heterocycles. The van der Waals surface area contributed by atoms with Crippen LogP contribution in [0.5, 0.6) is 11.5 Å². The first-order valence-corrected chi connectivity index (χ1v) is 29.4. The molecule has 0 bridgehead atoms. The van der Waals surface area contributed by atoms with E-state index >= 15 is 0 Å². The number of Topliss-reactive ketones (excluding diaryl/α,β-unsaturated/α-hetero) is 2. The molecule has 8 unspecified atom stereocenters. The third-order valence-electron chi connectivity index (χ3n) is 17.0. The molecule has 8 rings (SSSR count). The van der Waals surface area contributed by atoms with Crippen LogP contribution in [-0.2, 0) is 70.1 Å². The number of morpholine rings is 2. The first-order chi connectivity index (χ1) is 39.3. The molecule has 6 N–H and O–H groups in total. The molecular weight excluding hydrogens is 1060 g/mol. The number of methoxy groups -OCH3 is 2. The first kappa shape index (κ1) is 62.0. The quantitative estimate of drug-likeness (QED) is 0.0636. The third-order valence-corrected chi connectivity index (χ3v) is 17.0. The molecule has 22 nitrogen and oxygen atoms in total. The summed E-state index contributed by atoms with van der Waals surface area (Å²) in [4.78, 5) is 116. The van der Waals surface area contributed by atoms with Gasteiger partial charge in [0.25, 0.3) is 0 Å². The standard InChI is InChI=1S/C60H86N8O14/c1-37(61-51(69)33-67-19-23-79-24-20-67)55(73)65-47(57(75)63-45(53(71)59(3)35-81-59)29-39-11-8-7-9-12-39)31-41-15-17-49(77-5)43(27-41)44-28-42(16-18-50(44)78-6)32-48(66-56(74)38(2)62-52(70)34-68-21-25-80-26-22-68)58(76)64-46(30-40-13-10-14-40)54(72)60(4)36-82-60/h15-18,27-28,37-40,45-48H,7-14,19-26,29-36H2,1-6H3,(H,61,69)(H,62,70)(H,63,75)(H,64,76)(H,65,73)(H,66,74). The van der Waals surface area contributed by atoms with Crippen LogP contribution >= 0.6 is 0 Å². The van der Waals surface area contributed by atoms with Crippen molar-refractivity contribution in [2.24, 2.45) is 11.8 Å². The van der Waals surface area contributed by atoms with Crippen molar-refractivity contribution in [3.8, 4) is 22.6 Å². The van der Waals surface area contributed by atoms with Crippen molar-refractivity contribution < 1.29 is 66.8 Å². The number of nitrogens with zero attached hydrogens (tertiary/aromatic N) is 2. The topological polar surface area (TPSA) is 277 Å². The molecule has 6 fully saturated rings. The van der Waals surface area contributed by atoms with E-state index in [1.807, 2.05) is 21.9 Å². The summed E-state index contributed by atoms with van der Waals surface area (Å²) in [5.41, 5.74) is 0.212. The van der Waals surface area contributed by atoms with E-state index in [1.165, 1.54) is 14.2 Å². The Kier molecular flexibility index (Phi) is 21.5. The number of amides is 6. The lowest BCUT2D eigenvalue weighted by molar-refractivity contribution is -0.134. The molecule has 0 spiro atoms. The Morgan fingerprint density at radius 1 is 0.524 bits per heavy atom. The number of benzene rings is 2. The van der Waals surface area contributed by atoms with Crippen molar-refractivity contribution >= 4 is 47.0 Å². The second-order valence-electron chi connectivity index (χ2n) is 23.6. The molecule has 2 aliphatic carbocycles. The predicted molar refractivity (Wildman–Crippen MR) is 302 cm³/mol. The van der Waals surface area contributed by atoms with Crippen LogP contribution in [0.25, 0.3) is 11.1 Å². The van der Waals surface area contributed by atoms with Gasteiger partial charge in [-0.2, -0.15) is 0 Å². The van der Waals surface area contributed by atoms with Crippen LogP contribution in [0.3, 0.4) is 0 Å². The van der Waals surface area contributed by atoms with Crippen molar-refractivity contribution in [2.75, 3.05) is 93.1 Å². The summed E-state index contributed by atoms with van der Waals surface area (Å²) in [6.07, 6.45) is 8.75. The number of carbonyl (C=O) groups is 8. The number of carbonyl (C=O) groups excluding carboxylic acids is 8. The van der Waals surface area contributed by atoms with E-state index in [1.54, 1.807) is 52.0 Å². The van der Waals surface area contributed by atoms with Gasteiger partial charge in [0.15, 0.2) is 11.6 Å². The van der Waals surface area contributed by atoms with Crippen LogP contribution in [0.4, 0.5) is 0 Å². The minimum absolute atomic E-state index is 0.0522. The van der Waals surface area contributed by atoms with Crippen molar-refractivity contribution in [3.05, 3.63) is 47.5 Å². The Bertz CT molecular complexity index is 2600. The van der Waals surface area contributed by atoms with Gasteiger partial charge in [0, 0.05) is 50.1 Å². The van der Waals surface area contributed by atoms with E-state index in [-0.39, 0.29) is 74.4 Å². The van der Waals surface area contributed by atoms with E-state index in [0.29, 0.717) is 99.2 Å². The highest BCUT2D eigenvalue weighted by Crippen LogP contribution is 2.39. The van der Waals surface area contributed by atoms with Gasteiger partial charge in [-0.25, -0.2) is 0 Å². The number of ether oxygens (including phenoxy) is 6. The lowest BCUT2D eigenvalue weighted by Crippen LogP contribution is -2.57. The van der Waals surface area contributed by atoms with Crippen LogP contribution in [0.15, 0.2) is 36.4 Å². The fourth-order valence-corrected chi connectivity index (χ4v) is 11.4. The van der Waals surface area contributed by atoms with E-state index in [4.69, 9.17) is 28.4 Å². The lowest BCUT2D eigenvalue weighted by Gasteiger charge is -2.31. The summed E-state index contributed by atoms with van der Waals surface area (Å²) < 4.78 is 33.8. The van der Waals surface area contributed by atoms with Crippen LogP contribution in [0.1, 0.15) is 103 Å². The maximum absolute atomic E-state index is 14.8. The lowest BCUT2D eigenvalue weighted by atomic mass is 9.79. The molecule has 22 heteroatoms. The van der Waals surface area contributed by atoms with Gasteiger partial charge in [-0.3, -0.25) is 48.2 Å². The molecular formula is C60H86N8O14. The van der Waals surface area contributed by atoms with E-state index in [0.717, 1.165) is 51.4 Å². The summed E-state index contributed by atoms with van der Waals surface area (Å²) in [5.74, 6) is -2.20. The zero-order chi connectivity index (χ0) is 58.6. The summed E-state index contributed by atoms with van der Waals surface area (Å²) in [6.45, 7) is 11.5. The zero-order valence-electron chi connectivity index (χ0n) is 48.7. The average molecular weight is 1140 g/mol. The monoisotopic (exact) mass is 1140 g/mol. The maximum Gasteiger partial charge on any atom is 0.243 e. The highest BCUT2D eigenvalue weighted by molar-refractivity contribution is 6.00. The fraction of sp³-hybridized carbons (Fsp3) is 0.667. The first-order valence-electron chi connectivity index (χ1n) is 29.4. The second kappa shape index (κ2) is 28.5. The number of hydrogen-bond donors (Lipinski definition) is 6. The van der Waals surface area contributed by atoms with Gasteiger partial charge in [0.1, 0.15) is 46.9 Å². The molecule has 6 aliphatic rings. The largest absolute Gasteiger partial charge is 0.496 e. The van der Waals surface area contributed by atoms with Crippen LogP contribution < -0.4 is 41.4 Å². The van der Waals surface area contributed by atoms with E-state index in [9.17, 15) is 38.4 Å². The average Bonchev–Trinajstić information content (AvgIpc) is 4.56. The van der Waals surface area contributed by atoms with Crippen molar-refractivity contribution in [3.63, 3.8) is 0 Å². The molecule has 8 atom stereocenters. The second-order valence-corrected chi connectivity index (χ2v) is 23.6. The van der Waals surface area contributed by atoms with Crippen molar-refractivity contribution in [1.29, 1.82) is 0 Å². The fourth-order valence-electron chi connectivity index (χ4n) is 11.4. The number of nitrogens with one attached hydrogen (secondary N) is 6. The Labute approximate surface area is 481 Å². The predicted octanol–water partition coefficient (Wildman–Crippen LogP) is 1.95. The Morgan fingerprint density at radius 2 is 0.890 bits per heavy atom. The molecule has 4 heterocycles. The van der Waals surface area contributed by atoms with Gasteiger partial charge in [0.05, 0.1) is 79.0 Å². The molecule has 6 amide bonds. The van der Waals surface area contributed by atoms with Crippen LogP contribution in [0.2, 0.25) is 0 Å². The third kappa shape index (κ3) is 17.0. The molecule has 0 radical (unpaired) electrons. The van der Waals surface area contributed by atoms with Gasteiger partial charge < -0.3 is 60.3 Å². The number of rotatable bonds is 29. The number of ketones is 2. The van der Waals surface area contributed by atoms with Crippen molar-refractivity contribution in [1.82, 2.24) is 41.7 Å². The molecule has 2 aromatic rings. The molecule has 450 valence electrons. The Hall–Kier alpha value is -6.04. The molecule has 2 saturated carbocycles. The number of epoxide rings is 2. The smallest absolute Gasteiger partial charge is 0.243 e. The van der Waals surface area contributed by atoms with E-state index < -0.39 is 71.1 Å². The maximum atomic E-state index is 14.8. The Morgan fingerprint density at radius 3 is 1.23 bits per heavy atom. The van der Waals surface area contributed by atoms with Gasteiger partial charge >= 0.3 is 0 Å². The SMILES string of the molecule is COc1ccc(CC(NC(=O)C(C)NC(=O)CN2CCOCC2)C(=O)NC(CC2CCCCC2)C(=O)C2(C)CO2)cc1-c1cc(CC(NC(=O)C(C)NC(=O)CN2CCOCC2)C(=O)NC(CC2CCC2)C(=O)C2(C)CO2)ccc1OC. The summed E-state index contributed by atoms with van der Waals surface area (Å²) >= 11 is 0. The van der Waals surface area contributed by atoms with Crippen LogP contribution in [0, 0.1) is 11.8 Å². The molecule has 0 aromatic heterocycles. The minimum Gasteiger partial charge on any atom is -0.496 e. The van der Waals surface area contributed by atoms with Gasteiger partial charge in [0.2, 0.25) is 35.4 Å².